The number of hydrogen-bond acceptors (Lipinski definition) is 1. The monoisotopic (exact) mass is 221 g/mol. The number of aromatic nitrogens is 1. The van der Waals surface area contributed by atoms with Crippen LogP contribution in [0.2, 0.25) is 0 Å². The van der Waals surface area contributed by atoms with E-state index in [0.29, 0.717) is 5.92 Å². The first kappa shape index (κ1) is 12.2. The number of aromatic amines is 1. The third kappa shape index (κ3) is 2.78. The molecule has 0 aliphatic carbocycles. The molecule has 1 N–H and O–H groups in total. The van der Waals surface area contributed by atoms with Crippen molar-refractivity contribution < 1.29 is 0 Å². The molecule has 0 saturated heterocycles. The number of nitrogens with one attached hydrogen (secondary N) is 1. The molecule has 1 aromatic heterocycles. The molecule has 0 spiro atoms. The second-order valence-electron chi connectivity index (χ2n) is 4.05. The molecule has 1 aromatic rings. The van der Waals surface area contributed by atoms with Crippen LogP contribution in [-0.4, -0.2) is 4.98 Å². The third-order valence-corrected chi connectivity index (χ3v) is 3.04. The molecule has 2 heteroatoms. The van der Waals surface area contributed by atoms with Crippen molar-refractivity contribution in [2.75, 3.05) is 0 Å². The first-order valence-electron chi connectivity index (χ1n) is 5.21. The van der Waals surface area contributed by atoms with Gasteiger partial charge in [0.2, 0.25) is 0 Å². The van der Waals surface area contributed by atoms with Gasteiger partial charge in [-0.2, -0.15) is 12.6 Å². The van der Waals surface area contributed by atoms with Crippen molar-refractivity contribution in [3.8, 4) is 0 Å². The Labute approximate surface area is 97.7 Å². The zero-order valence-corrected chi connectivity index (χ0v) is 10.6. The zero-order valence-electron chi connectivity index (χ0n) is 9.67. The van der Waals surface area contributed by atoms with Crippen LogP contribution in [0.15, 0.2) is 18.3 Å². The summed E-state index contributed by atoms with van der Waals surface area (Å²) in [6.07, 6.45) is 6.08. The minimum Gasteiger partial charge on any atom is -0.361 e. The Morgan fingerprint density at radius 1 is 1.60 bits per heavy atom. The Bertz CT molecular complexity index is 372. The predicted molar refractivity (Wildman–Crippen MR) is 72.1 cm³/mol. The van der Waals surface area contributed by atoms with Crippen molar-refractivity contribution >= 4 is 24.8 Å². The highest BCUT2D eigenvalue weighted by molar-refractivity contribution is 7.79. The van der Waals surface area contributed by atoms with Crippen molar-refractivity contribution in [3.05, 3.63) is 35.2 Å². The van der Waals surface area contributed by atoms with Crippen LogP contribution in [0, 0.1) is 5.92 Å². The molecular formula is C13H19NS. The molecule has 0 aliphatic rings. The standard InChI is InChI=1S/C13H19NS/c1-5-12-11(8-15)7-14-13(12)6-10(4)9(2)3/h5-7,9,14-15H,1,8H2,2-4H3/b10-6+. The summed E-state index contributed by atoms with van der Waals surface area (Å²) in [5, 5.41) is 0. The average molecular weight is 221 g/mol. The minimum atomic E-state index is 0.574. The SMILES string of the molecule is C=Cc1c(CS)c[nH]c1/C=C(\C)C(C)C. The second-order valence-corrected chi connectivity index (χ2v) is 4.36. The minimum absolute atomic E-state index is 0.574. The summed E-state index contributed by atoms with van der Waals surface area (Å²) in [4.78, 5) is 3.27. The molecule has 1 nitrogen and oxygen atoms in total. The van der Waals surface area contributed by atoms with E-state index in [-0.39, 0.29) is 0 Å². The Balaban J connectivity index is 3.10. The molecule has 0 unspecified atom stereocenters. The van der Waals surface area contributed by atoms with E-state index in [2.05, 4.69) is 51.0 Å². The lowest BCUT2D eigenvalue weighted by molar-refractivity contribution is 0.775. The van der Waals surface area contributed by atoms with Crippen molar-refractivity contribution in [3.63, 3.8) is 0 Å². The van der Waals surface area contributed by atoms with Gasteiger partial charge < -0.3 is 4.98 Å². The Kier molecular flexibility index (Phi) is 4.28. The van der Waals surface area contributed by atoms with E-state index in [1.807, 2.05) is 12.3 Å². The van der Waals surface area contributed by atoms with Gasteiger partial charge in [-0.25, -0.2) is 0 Å². The number of hydrogen-bond donors (Lipinski definition) is 2. The van der Waals surface area contributed by atoms with Crippen molar-refractivity contribution in [1.82, 2.24) is 4.98 Å². The third-order valence-electron chi connectivity index (χ3n) is 2.70. The van der Waals surface area contributed by atoms with Crippen LogP contribution in [0.4, 0.5) is 0 Å². The number of rotatable bonds is 4. The summed E-state index contributed by atoms with van der Waals surface area (Å²) in [5.74, 6) is 1.32. The molecular weight excluding hydrogens is 202 g/mol. The predicted octanol–water partition coefficient (Wildman–Crippen LogP) is 4.15. The molecule has 0 saturated carbocycles. The van der Waals surface area contributed by atoms with Crippen LogP contribution < -0.4 is 0 Å². The lowest BCUT2D eigenvalue weighted by Gasteiger charge is -2.04. The fourth-order valence-electron chi connectivity index (χ4n) is 1.38. The molecule has 0 bridgehead atoms. The van der Waals surface area contributed by atoms with Gasteiger partial charge in [-0.15, -0.1) is 0 Å². The highest BCUT2D eigenvalue weighted by Gasteiger charge is 2.06. The van der Waals surface area contributed by atoms with Crippen LogP contribution in [0.5, 0.6) is 0 Å². The Hall–Kier alpha value is -0.890. The van der Waals surface area contributed by atoms with Gasteiger partial charge in [0.1, 0.15) is 0 Å². The molecule has 0 amide bonds. The maximum atomic E-state index is 4.29. The first-order valence-corrected chi connectivity index (χ1v) is 5.85. The van der Waals surface area contributed by atoms with Crippen molar-refractivity contribution in [2.45, 2.75) is 26.5 Å². The first-order chi connectivity index (χ1) is 7.10. The number of thiol groups is 1. The van der Waals surface area contributed by atoms with Crippen LogP contribution >= 0.6 is 12.6 Å². The quantitative estimate of drug-likeness (QED) is 0.711. The fraction of sp³-hybridized carbons (Fsp3) is 0.385. The van der Waals surface area contributed by atoms with E-state index in [1.165, 1.54) is 16.7 Å². The lowest BCUT2D eigenvalue weighted by atomic mass is 10.0. The summed E-state index contributed by atoms with van der Waals surface area (Å²) in [7, 11) is 0. The van der Waals surface area contributed by atoms with Gasteiger partial charge >= 0.3 is 0 Å². The van der Waals surface area contributed by atoms with E-state index in [4.69, 9.17) is 0 Å². The second kappa shape index (κ2) is 5.26. The zero-order chi connectivity index (χ0) is 11.4. The Morgan fingerprint density at radius 3 is 2.73 bits per heavy atom. The van der Waals surface area contributed by atoms with E-state index < -0.39 is 0 Å². The topological polar surface area (TPSA) is 15.8 Å². The maximum Gasteiger partial charge on any atom is 0.0456 e. The van der Waals surface area contributed by atoms with E-state index in [0.717, 1.165) is 11.4 Å². The van der Waals surface area contributed by atoms with E-state index in [1.54, 1.807) is 0 Å². The molecule has 0 aliphatic heterocycles. The molecule has 82 valence electrons. The van der Waals surface area contributed by atoms with E-state index >= 15 is 0 Å². The van der Waals surface area contributed by atoms with Gasteiger partial charge in [-0.05, 0) is 24.5 Å². The summed E-state index contributed by atoms with van der Waals surface area (Å²) in [6.45, 7) is 10.4. The maximum absolute atomic E-state index is 4.29. The van der Waals surface area contributed by atoms with Gasteiger partial charge in [0.15, 0.2) is 0 Å². The average Bonchev–Trinajstić information content (AvgIpc) is 2.59. The number of allylic oxidation sites excluding steroid dienone is 1. The van der Waals surface area contributed by atoms with Crippen LogP contribution in [0.25, 0.3) is 12.2 Å². The van der Waals surface area contributed by atoms with Crippen LogP contribution in [-0.2, 0) is 5.75 Å². The van der Waals surface area contributed by atoms with Crippen LogP contribution in [0.1, 0.15) is 37.6 Å². The molecule has 0 fully saturated rings. The van der Waals surface area contributed by atoms with Crippen LogP contribution in [0.3, 0.4) is 0 Å². The molecule has 15 heavy (non-hydrogen) atoms. The molecule has 1 heterocycles. The molecule has 0 aromatic carbocycles. The van der Waals surface area contributed by atoms with Gasteiger partial charge in [0.25, 0.3) is 0 Å². The largest absolute Gasteiger partial charge is 0.361 e. The number of H-pyrrole nitrogens is 1. The fourth-order valence-corrected chi connectivity index (χ4v) is 1.64. The smallest absolute Gasteiger partial charge is 0.0456 e. The van der Waals surface area contributed by atoms with Gasteiger partial charge in [-0.1, -0.05) is 32.1 Å². The normalized spacial score (nSPS) is 12.2. The van der Waals surface area contributed by atoms with Crippen molar-refractivity contribution in [2.24, 2.45) is 5.92 Å². The summed E-state index contributed by atoms with van der Waals surface area (Å²) in [6, 6.07) is 0. The molecule has 0 atom stereocenters. The summed E-state index contributed by atoms with van der Waals surface area (Å²) >= 11 is 4.29. The van der Waals surface area contributed by atoms with Gasteiger partial charge in [0.05, 0.1) is 0 Å². The van der Waals surface area contributed by atoms with Gasteiger partial charge in [0, 0.05) is 23.2 Å². The highest BCUT2D eigenvalue weighted by Crippen LogP contribution is 2.21. The Morgan fingerprint density at radius 2 is 2.27 bits per heavy atom. The molecule has 1 rings (SSSR count). The highest BCUT2D eigenvalue weighted by atomic mass is 32.1. The molecule has 0 radical (unpaired) electrons. The van der Waals surface area contributed by atoms with Gasteiger partial charge in [-0.3, -0.25) is 0 Å². The van der Waals surface area contributed by atoms with E-state index in [9.17, 15) is 0 Å². The lowest BCUT2D eigenvalue weighted by Crippen LogP contribution is -1.89. The summed E-state index contributed by atoms with van der Waals surface area (Å²) in [5.41, 5.74) is 4.88. The summed E-state index contributed by atoms with van der Waals surface area (Å²) < 4.78 is 0. The van der Waals surface area contributed by atoms with Crippen molar-refractivity contribution in [1.29, 1.82) is 0 Å².